The zero-order valence-corrected chi connectivity index (χ0v) is 33.9. The number of carbonyl (C=O) groups excluding carboxylic acids is 1. The predicted octanol–water partition coefficient (Wildman–Crippen LogP) is 3.42. The quantitative estimate of drug-likeness (QED) is 0.132. The van der Waals surface area contributed by atoms with Crippen LogP contribution in [0.25, 0.3) is 22.2 Å². The van der Waals surface area contributed by atoms with Crippen LogP contribution in [0.2, 0.25) is 0 Å². The number of benzene rings is 4. The van der Waals surface area contributed by atoms with Crippen LogP contribution < -0.4 is 81.8 Å². The molecule has 6 rings (SSSR count). The van der Waals surface area contributed by atoms with E-state index in [1.54, 1.807) is 54.0 Å². The van der Waals surface area contributed by atoms with Crippen molar-refractivity contribution >= 4 is 34.1 Å². The Morgan fingerprint density at radius 1 is 0.661 bits per heavy atom. The molecule has 0 aliphatic heterocycles. The van der Waals surface area contributed by atoms with E-state index in [1.165, 1.54) is 18.8 Å². The molecule has 0 radical (unpaired) electrons. The number of nitrogens with zero attached hydrogens (tertiary/aromatic N) is 2. The van der Waals surface area contributed by atoms with Crippen LogP contribution in [0.4, 0.5) is 0 Å². The number of hydrogen-bond acceptors (Lipinski definition) is 12. The normalized spacial score (nSPS) is 10.0. The topological polar surface area (TPSA) is 201 Å². The van der Waals surface area contributed by atoms with Gasteiger partial charge in [0.05, 0.1) is 44.9 Å². The van der Waals surface area contributed by atoms with Gasteiger partial charge in [-0.05, 0) is 91.6 Å². The molecule has 0 spiro atoms. The number of aryl methyl sites for hydroxylation is 2. The average Bonchev–Trinajstić information content (AvgIpc) is 3.60. The maximum atomic E-state index is 12.2. The van der Waals surface area contributed by atoms with Crippen LogP contribution >= 0.6 is 0 Å². The first-order chi connectivity index (χ1) is 25.0. The molecule has 2 N–H and O–H groups in total. The van der Waals surface area contributed by atoms with Gasteiger partial charge in [-0.25, -0.2) is 19.2 Å². The van der Waals surface area contributed by atoms with E-state index in [1.807, 2.05) is 44.2 Å². The van der Waals surface area contributed by atoms with Crippen molar-refractivity contribution in [3.05, 3.63) is 116 Å². The molecule has 0 amide bonds. The molecule has 0 aliphatic rings. The van der Waals surface area contributed by atoms with Gasteiger partial charge in [-0.3, -0.25) is 9.13 Å². The molecule has 0 unspecified atom stereocenters. The van der Waals surface area contributed by atoms with Crippen LogP contribution in [0.3, 0.4) is 0 Å². The van der Waals surface area contributed by atoms with E-state index in [-0.39, 0.29) is 78.3 Å². The van der Waals surface area contributed by atoms with Gasteiger partial charge in [0.1, 0.15) is 0 Å². The Morgan fingerprint density at radius 2 is 1.09 bits per heavy atom. The number of carboxylic acid groups (broad SMARTS) is 1. The first kappa shape index (κ1) is 49.2. The summed E-state index contributed by atoms with van der Waals surface area (Å²) in [6, 6.07) is 21.5. The molecule has 0 saturated heterocycles. The second-order valence-electron chi connectivity index (χ2n) is 11.6. The molecule has 0 bridgehead atoms. The van der Waals surface area contributed by atoms with Crippen LogP contribution in [-0.2, 0) is 27.4 Å². The minimum absolute atomic E-state index is 0. The standard InChI is InChI=1S/C20H21NO6.C18H17NO6.2CH4.K.H2O/c1-4-25-19(22)12-26-17-8-6-14(10-18(17)24-3)11-21-15-9-13(2)5-7-16(15)27-20(21)23;1-11-3-5-14-13(7-11)19(18(22)25-14)9-12-4-6-15(16(8-12)23-2)24-10-17(20)21;;;;/h5-10H,4,11-12H2,1-3H3;3-8H,9-10H2,1-2H3,(H,20,21);2*1H4;;1H2/q;;;;+1;/p-1. The maximum Gasteiger partial charge on any atom is 1.00 e. The van der Waals surface area contributed by atoms with Crippen molar-refractivity contribution < 1.29 is 104 Å². The molecule has 0 aliphatic carbocycles. The number of methoxy groups -OCH3 is 2. The fourth-order valence-corrected chi connectivity index (χ4v) is 5.35. The summed E-state index contributed by atoms with van der Waals surface area (Å²) in [6.07, 6.45) is 0. The Bertz CT molecular complexity index is 2340. The van der Waals surface area contributed by atoms with Gasteiger partial charge in [0.15, 0.2) is 47.4 Å². The summed E-state index contributed by atoms with van der Waals surface area (Å²) >= 11 is 0. The summed E-state index contributed by atoms with van der Waals surface area (Å²) in [6.45, 7) is 5.89. The van der Waals surface area contributed by atoms with Crippen molar-refractivity contribution in [1.29, 1.82) is 0 Å². The van der Waals surface area contributed by atoms with Crippen molar-refractivity contribution in [2.75, 3.05) is 34.0 Å². The number of rotatable bonds is 13. The van der Waals surface area contributed by atoms with Gasteiger partial charge in [-0.15, -0.1) is 0 Å². The molecule has 296 valence electrons. The van der Waals surface area contributed by atoms with E-state index in [4.69, 9.17) is 37.6 Å². The molecule has 2 heterocycles. The molecule has 16 heteroatoms. The first-order valence-corrected chi connectivity index (χ1v) is 16.2. The average molecular weight is 803 g/mol. The number of aromatic nitrogens is 2. The van der Waals surface area contributed by atoms with Gasteiger partial charge in [0, 0.05) is 0 Å². The van der Waals surface area contributed by atoms with Crippen LogP contribution in [0, 0.1) is 13.8 Å². The summed E-state index contributed by atoms with van der Waals surface area (Å²) in [5.41, 5.74) is 6.23. The van der Waals surface area contributed by atoms with Gasteiger partial charge in [-0.1, -0.05) is 39.1 Å². The number of ether oxygens (including phenoxy) is 5. The van der Waals surface area contributed by atoms with Crippen LogP contribution in [-0.4, -0.2) is 65.7 Å². The van der Waals surface area contributed by atoms with Gasteiger partial charge in [-0.2, -0.15) is 0 Å². The van der Waals surface area contributed by atoms with Crippen LogP contribution in [0.15, 0.2) is 91.2 Å². The second kappa shape index (κ2) is 22.6. The van der Waals surface area contributed by atoms with Crippen LogP contribution in [0.1, 0.15) is 44.0 Å². The van der Waals surface area contributed by atoms with Gasteiger partial charge in [0.2, 0.25) is 0 Å². The SMILES string of the molecule is C.C.CCOC(=O)COc1ccc(Cn2c(=O)oc3ccc(C)cc32)cc1OC.COc1cc(Cn2c(=O)oc3ccc(C)cc32)ccc1OCC(=O)O.[K+].[OH-]. The van der Waals surface area contributed by atoms with E-state index in [2.05, 4.69) is 0 Å². The number of oxazole rings is 2. The van der Waals surface area contributed by atoms with Crippen LogP contribution in [0.5, 0.6) is 23.0 Å². The second-order valence-corrected chi connectivity index (χ2v) is 11.6. The van der Waals surface area contributed by atoms with E-state index in [0.717, 1.165) is 33.3 Å². The number of fused-ring (bicyclic) bond motifs is 2. The zero-order chi connectivity index (χ0) is 37.4. The van der Waals surface area contributed by atoms with Crippen molar-refractivity contribution in [2.45, 2.75) is 48.7 Å². The molecule has 6 aromatic rings. The number of esters is 1. The summed E-state index contributed by atoms with van der Waals surface area (Å²) in [7, 11) is 2.98. The van der Waals surface area contributed by atoms with Gasteiger partial charge < -0.3 is 43.1 Å². The molecular formula is C40H47KN2O13. The van der Waals surface area contributed by atoms with Crippen molar-refractivity contribution in [2.24, 2.45) is 0 Å². The fraction of sp³-hybridized carbons (Fsp3) is 0.300. The van der Waals surface area contributed by atoms with E-state index >= 15 is 0 Å². The Kier molecular flexibility index (Phi) is 19.9. The third kappa shape index (κ3) is 12.3. The van der Waals surface area contributed by atoms with E-state index in [9.17, 15) is 19.2 Å². The van der Waals surface area contributed by atoms with Gasteiger partial charge in [0.25, 0.3) is 0 Å². The molecule has 0 fully saturated rings. The Hall–Kier alpha value is -4.84. The zero-order valence-electron chi connectivity index (χ0n) is 30.7. The number of carbonyl (C=O) groups is 2. The Balaban J connectivity index is 0.000000524. The van der Waals surface area contributed by atoms with Crippen molar-refractivity contribution in [1.82, 2.24) is 9.13 Å². The van der Waals surface area contributed by atoms with Crippen molar-refractivity contribution in [3.8, 4) is 23.0 Å². The smallest absolute Gasteiger partial charge is 0.870 e. The Morgan fingerprint density at radius 3 is 1.48 bits per heavy atom. The molecule has 0 saturated carbocycles. The number of hydrogen-bond donors (Lipinski definition) is 1. The molecule has 15 nitrogen and oxygen atoms in total. The van der Waals surface area contributed by atoms with Crippen molar-refractivity contribution in [3.63, 3.8) is 0 Å². The fourth-order valence-electron chi connectivity index (χ4n) is 5.35. The summed E-state index contributed by atoms with van der Waals surface area (Å²) in [4.78, 5) is 46.4. The largest absolute Gasteiger partial charge is 1.00 e. The molecule has 4 aromatic carbocycles. The minimum Gasteiger partial charge on any atom is -0.870 e. The number of carboxylic acids is 1. The molecule has 0 atom stereocenters. The molecule has 2 aromatic heterocycles. The third-order valence-electron chi connectivity index (χ3n) is 7.79. The minimum atomic E-state index is -1.07. The molecular weight excluding hydrogens is 756 g/mol. The number of aliphatic carboxylic acids is 1. The van der Waals surface area contributed by atoms with Gasteiger partial charge >= 0.3 is 74.8 Å². The van der Waals surface area contributed by atoms with E-state index in [0.29, 0.717) is 53.9 Å². The Labute approximate surface area is 366 Å². The predicted molar refractivity (Wildman–Crippen MR) is 205 cm³/mol. The third-order valence-corrected chi connectivity index (χ3v) is 7.79. The summed E-state index contributed by atoms with van der Waals surface area (Å²) in [5, 5.41) is 8.70. The van der Waals surface area contributed by atoms with E-state index < -0.39 is 30.1 Å². The summed E-state index contributed by atoms with van der Waals surface area (Å²) < 4.78 is 39.7. The summed E-state index contributed by atoms with van der Waals surface area (Å²) in [5.74, 6) is -0.760. The first-order valence-electron chi connectivity index (χ1n) is 16.2. The molecule has 56 heavy (non-hydrogen) atoms. The monoisotopic (exact) mass is 802 g/mol. The maximum absolute atomic E-state index is 12.2.